The molecule has 1 aromatic carbocycles. The second-order valence-electron chi connectivity index (χ2n) is 5.82. The van der Waals surface area contributed by atoms with Gasteiger partial charge in [0.15, 0.2) is 0 Å². The SMILES string of the molecule is CCC(C)C1(CN)CCN(Cc2ccccc2)C1. The maximum absolute atomic E-state index is 6.07. The molecule has 2 atom stereocenters. The average molecular weight is 246 g/mol. The molecule has 1 aromatic rings. The van der Waals surface area contributed by atoms with Crippen LogP contribution in [0, 0.1) is 11.3 Å². The normalized spacial score (nSPS) is 26.4. The first-order chi connectivity index (χ1) is 8.70. The van der Waals surface area contributed by atoms with E-state index in [0.29, 0.717) is 5.41 Å². The van der Waals surface area contributed by atoms with E-state index in [0.717, 1.165) is 25.6 Å². The summed E-state index contributed by atoms with van der Waals surface area (Å²) < 4.78 is 0. The fourth-order valence-corrected chi connectivity index (χ4v) is 3.16. The Balaban J connectivity index is 1.99. The van der Waals surface area contributed by atoms with Crippen molar-refractivity contribution in [2.75, 3.05) is 19.6 Å². The predicted octanol–water partition coefficient (Wildman–Crippen LogP) is 2.88. The molecule has 0 aromatic heterocycles. The van der Waals surface area contributed by atoms with Crippen LogP contribution in [-0.4, -0.2) is 24.5 Å². The first kappa shape index (κ1) is 13.6. The largest absolute Gasteiger partial charge is 0.330 e. The molecule has 18 heavy (non-hydrogen) atoms. The lowest BCUT2D eigenvalue weighted by molar-refractivity contribution is 0.174. The van der Waals surface area contributed by atoms with Crippen LogP contribution < -0.4 is 5.73 Å². The molecule has 0 radical (unpaired) electrons. The first-order valence-electron chi connectivity index (χ1n) is 7.16. The van der Waals surface area contributed by atoms with Crippen molar-refractivity contribution < 1.29 is 0 Å². The average Bonchev–Trinajstić information content (AvgIpc) is 2.83. The summed E-state index contributed by atoms with van der Waals surface area (Å²) >= 11 is 0. The summed E-state index contributed by atoms with van der Waals surface area (Å²) in [7, 11) is 0. The maximum Gasteiger partial charge on any atom is 0.0233 e. The van der Waals surface area contributed by atoms with E-state index >= 15 is 0 Å². The number of nitrogens with zero attached hydrogens (tertiary/aromatic N) is 1. The Hall–Kier alpha value is -0.860. The lowest BCUT2D eigenvalue weighted by Gasteiger charge is -2.34. The van der Waals surface area contributed by atoms with Gasteiger partial charge in [0.25, 0.3) is 0 Å². The van der Waals surface area contributed by atoms with E-state index in [1.807, 2.05) is 0 Å². The molecule has 1 saturated heterocycles. The molecule has 2 unspecified atom stereocenters. The van der Waals surface area contributed by atoms with Crippen molar-refractivity contribution in [1.82, 2.24) is 4.90 Å². The van der Waals surface area contributed by atoms with Crippen LogP contribution in [-0.2, 0) is 6.54 Å². The quantitative estimate of drug-likeness (QED) is 0.865. The van der Waals surface area contributed by atoms with Crippen LogP contribution in [0.3, 0.4) is 0 Å². The van der Waals surface area contributed by atoms with Crippen LogP contribution in [0.5, 0.6) is 0 Å². The number of nitrogens with two attached hydrogens (primary N) is 1. The molecule has 0 aliphatic carbocycles. The van der Waals surface area contributed by atoms with Crippen LogP contribution in [0.1, 0.15) is 32.3 Å². The van der Waals surface area contributed by atoms with Gasteiger partial charge in [0, 0.05) is 13.1 Å². The van der Waals surface area contributed by atoms with Crippen molar-refractivity contribution in [1.29, 1.82) is 0 Å². The molecule has 2 heteroatoms. The second-order valence-corrected chi connectivity index (χ2v) is 5.82. The summed E-state index contributed by atoms with van der Waals surface area (Å²) in [4.78, 5) is 2.56. The zero-order valence-corrected chi connectivity index (χ0v) is 11.7. The molecule has 2 N–H and O–H groups in total. The Bertz CT molecular complexity index is 363. The lowest BCUT2D eigenvalue weighted by Crippen LogP contribution is -2.39. The summed E-state index contributed by atoms with van der Waals surface area (Å²) in [6, 6.07) is 10.8. The second kappa shape index (κ2) is 5.85. The summed E-state index contributed by atoms with van der Waals surface area (Å²) in [6.45, 7) is 8.89. The number of rotatable bonds is 5. The molecule has 0 spiro atoms. The third-order valence-electron chi connectivity index (χ3n) is 4.78. The van der Waals surface area contributed by atoms with E-state index in [9.17, 15) is 0 Å². The third-order valence-corrected chi connectivity index (χ3v) is 4.78. The Morgan fingerprint density at radius 1 is 1.33 bits per heavy atom. The van der Waals surface area contributed by atoms with Crippen molar-refractivity contribution in [3.63, 3.8) is 0 Å². The molecular weight excluding hydrogens is 220 g/mol. The molecule has 1 fully saturated rings. The van der Waals surface area contributed by atoms with Gasteiger partial charge in [0.2, 0.25) is 0 Å². The number of hydrogen-bond acceptors (Lipinski definition) is 2. The van der Waals surface area contributed by atoms with Gasteiger partial charge >= 0.3 is 0 Å². The minimum atomic E-state index is 0.351. The van der Waals surface area contributed by atoms with Crippen molar-refractivity contribution in [2.45, 2.75) is 33.2 Å². The highest BCUT2D eigenvalue weighted by atomic mass is 15.2. The molecule has 100 valence electrons. The molecule has 2 rings (SSSR count). The van der Waals surface area contributed by atoms with Gasteiger partial charge in [-0.05, 0) is 36.4 Å². The molecule has 0 amide bonds. The van der Waals surface area contributed by atoms with E-state index in [1.54, 1.807) is 0 Å². The van der Waals surface area contributed by atoms with Gasteiger partial charge in [-0.3, -0.25) is 4.90 Å². The third kappa shape index (κ3) is 2.76. The highest BCUT2D eigenvalue weighted by Crippen LogP contribution is 2.39. The summed E-state index contributed by atoms with van der Waals surface area (Å²) in [5.74, 6) is 0.725. The zero-order valence-electron chi connectivity index (χ0n) is 11.7. The van der Waals surface area contributed by atoms with E-state index < -0.39 is 0 Å². The lowest BCUT2D eigenvalue weighted by atomic mass is 9.74. The summed E-state index contributed by atoms with van der Waals surface area (Å²) in [5.41, 5.74) is 7.84. The Labute approximate surface area is 111 Å². The van der Waals surface area contributed by atoms with Gasteiger partial charge in [-0.15, -0.1) is 0 Å². The minimum absolute atomic E-state index is 0.351. The van der Waals surface area contributed by atoms with E-state index in [1.165, 1.54) is 24.9 Å². The Morgan fingerprint density at radius 3 is 2.67 bits per heavy atom. The van der Waals surface area contributed by atoms with Crippen molar-refractivity contribution >= 4 is 0 Å². The van der Waals surface area contributed by atoms with E-state index in [-0.39, 0.29) is 0 Å². The zero-order chi connectivity index (χ0) is 13.0. The van der Waals surface area contributed by atoms with E-state index in [4.69, 9.17) is 5.73 Å². The fraction of sp³-hybridized carbons (Fsp3) is 0.625. The van der Waals surface area contributed by atoms with Crippen LogP contribution in [0.4, 0.5) is 0 Å². The Kier molecular flexibility index (Phi) is 4.41. The molecule has 0 saturated carbocycles. The highest BCUT2D eigenvalue weighted by Gasteiger charge is 2.40. The minimum Gasteiger partial charge on any atom is -0.330 e. The Morgan fingerprint density at radius 2 is 2.06 bits per heavy atom. The van der Waals surface area contributed by atoms with Crippen LogP contribution in [0.25, 0.3) is 0 Å². The van der Waals surface area contributed by atoms with Crippen LogP contribution >= 0.6 is 0 Å². The van der Waals surface area contributed by atoms with Gasteiger partial charge < -0.3 is 5.73 Å². The van der Waals surface area contributed by atoms with Gasteiger partial charge in [0.1, 0.15) is 0 Å². The van der Waals surface area contributed by atoms with E-state index in [2.05, 4.69) is 49.1 Å². The number of hydrogen-bond donors (Lipinski definition) is 1. The van der Waals surface area contributed by atoms with Gasteiger partial charge in [-0.2, -0.15) is 0 Å². The van der Waals surface area contributed by atoms with Crippen molar-refractivity contribution in [3.05, 3.63) is 35.9 Å². The standard InChI is InChI=1S/C16H26N2/c1-3-14(2)16(12-17)9-10-18(13-16)11-15-7-5-4-6-8-15/h4-8,14H,3,9-13,17H2,1-2H3. The molecule has 0 bridgehead atoms. The maximum atomic E-state index is 6.07. The smallest absolute Gasteiger partial charge is 0.0233 e. The summed E-state index contributed by atoms with van der Waals surface area (Å²) in [6.07, 6.45) is 2.49. The van der Waals surface area contributed by atoms with Crippen molar-refractivity contribution in [2.24, 2.45) is 17.1 Å². The molecule has 2 nitrogen and oxygen atoms in total. The highest BCUT2D eigenvalue weighted by molar-refractivity contribution is 5.15. The number of likely N-dealkylation sites (tertiary alicyclic amines) is 1. The molecular formula is C16H26N2. The van der Waals surface area contributed by atoms with Gasteiger partial charge in [-0.1, -0.05) is 50.6 Å². The molecule has 1 heterocycles. The fourth-order valence-electron chi connectivity index (χ4n) is 3.16. The monoisotopic (exact) mass is 246 g/mol. The first-order valence-corrected chi connectivity index (χ1v) is 7.16. The van der Waals surface area contributed by atoms with Gasteiger partial charge in [-0.25, -0.2) is 0 Å². The van der Waals surface area contributed by atoms with Gasteiger partial charge in [0.05, 0.1) is 0 Å². The van der Waals surface area contributed by atoms with Crippen molar-refractivity contribution in [3.8, 4) is 0 Å². The summed E-state index contributed by atoms with van der Waals surface area (Å²) in [5, 5.41) is 0. The topological polar surface area (TPSA) is 29.3 Å². The van der Waals surface area contributed by atoms with Crippen LogP contribution in [0.2, 0.25) is 0 Å². The molecule has 1 aliphatic heterocycles. The molecule has 1 aliphatic rings. The van der Waals surface area contributed by atoms with Crippen LogP contribution in [0.15, 0.2) is 30.3 Å². The predicted molar refractivity (Wildman–Crippen MR) is 77.3 cm³/mol. The number of benzene rings is 1.